The molecule has 9 nitrogen and oxygen atoms in total. The SMILES string of the molecule is CCCCCCOc1cc(C)c(S(=O)(=O)ON=C(c2ccc(OCCCOc3ccc(C(=NO)C(F)(F)F)cc3)cc2)C(F)(F)F)cc1C(C)C. The number of aryl methyl sites for hydroxylation is 1. The van der Waals surface area contributed by atoms with Gasteiger partial charge in [-0.15, -0.1) is 0 Å². The highest BCUT2D eigenvalue weighted by Gasteiger charge is 2.39. The van der Waals surface area contributed by atoms with Crippen LogP contribution >= 0.6 is 0 Å². The van der Waals surface area contributed by atoms with E-state index in [2.05, 4.69) is 21.5 Å². The highest BCUT2D eigenvalue weighted by molar-refractivity contribution is 7.86. The van der Waals surface area contributed by atoms with Crippen molar-refractivity contribution >= 4 is 21.5 Å². The van der Waals surface area contributed by atoms with E-state index in [9.17, 15) is 34.8 Å². The van der Waals surface area contributed by atoms with Gasteiger partial charge in [0, 0.05) is 17.5 Å². The van der Waals surface area contributed by atoms with Crippen LogP contribution in [0.5, 0.6) is 17.2 Å². The van der Waals surface area contributed by atoms with Crippen LogP contribution in [0.3, 0.4) is 0 Å². The second kappa shape index (κ2) is 18.1. The van der Waals surface area contributed by atoms with Gasteiger partial charge >= 0.3 is 22.5 Å². The van der Waals surface area contributed by atoms with E-state index >= 15 is 0 Å². The maximum Gasteiger partial charge on any atom is 0.437 e. The maximum atomic E-state index is 14.0. The highest BCUT2D eigenvalue weighted by atomic mass is 32.2. The number of hydrogen-bond donors (Lipinski definition) is 1. The van der Waals surface area contributed by atoms with Gasteiger partial charge in [0.15, 0.2) is 11.4 Å². The third kappa shape index (κ3) is 12.1. The lowest BCUT2D eigenvalue weighted by atomic mass is 10.0. The second-order valence-corrected chi connectivity index (χ2v) is 13.2. The summed E-state index contributed by atoms with van der Waals surface area (Å²) >= 11 is 0. The normalized spacial score (nSPS) is 13.0. The van der Waals surface area contributed by atoms with Crippen molar-refractivity contribution < 1.29 is 58.5 Å². The predicted octanol–water partition coefficient (Wildman–Crippen LogP) is 9.34. The fourth-order valence-electron chi connectivity index (χ4n) is 4.76. The molecule has 1 N–H and O–H groups in total. The molecule has 0 unspecified atom stereocenters. The van der Waals surface area contributed by atoms with Gasteiger partial charge in [0.2, 0.25) is 0 Å². The summed E-state index contributed by atoms with van der Waals surface area (Å²) in [5.41, 5.74) is -3.05. The van der Waals surface area contributed by atoms with E-state index < -0.39 is 39.5 Å². The van der Waals surface area contributed by atoms with Crippen LogP contribution in [0.15, 0.2) is 75.9 Å². The number of alkyl halides is 6. The van der Waals surface area contributed by atoms with E-state index in [1.54, 1.807) is 0 Å². The number of benzene rings is 3. The Bertz CT molecular complexity index is 1740. The minimum absolute atomic E-state index is 0.0782. The summed E-state index contributed by atoms with van der Waals surface area (Å²) in [7, 11) is -4.76. The minimum atomic E-state index is -5.07. The summed E-state index contributed by atoms with van der Waals surface area (Å²) in [5, 5.41) is 14.0. The van der Waals surface area contributed by atoms with Crippen molar-refractivity contribution in [1.29, 1.82) is 0 Å². The quantitative estimate of drug-likeness (QED) is 0.0454. The Morgan fingerprint density at radius 2 is 1.25 bits per heavy atom. The first-order valence-electron chi connectivity index (χ1n) is 16.1. The molecule has 0 aliphatic carbocycles. The van der Waals surface area contributed by atoms with Gasteiger partial charge in [-0.2, -0.15) is 34.8 Å². The second-order valence-electron chi connectivity index (χ2n) is 11.7. The Morgan fingerprint density at radius 3 is 1.73 bits per heavy atom. The van der Waals surface area contributed by atoms with Gasteiger partial charge < -0.3 is 19.4 Å². The molecule has 0 aliphatic heterocycles. The molecule has 0 amide bonds. The number of unbranched alkanes of at least 4 members (excludes halogenated alkanes) is 3. The standard InChI is InChI=1S/C35H40F6N2O7S/c1-5-6-7-8-18-49-30-21-24(4)31(22-29(30)23(2)3)51(45,46)50-43-33(35(39,40)41)26-12-16-28(17-13-26)48-20-9-19-47-27-14-10-25(11-15-27)32(42-44)34(36,37)38/h10-17,21-23,44H,5-9,18-20H2,1-4H3. The molecule has 0 atom stereocenters. The van der Waals surface area contributed by atoms with Crippen LogP contribution in [0.1, 0.15) is 81.0 Å². The van der Waals surface area contributed by atoms with Crippen LogP contribution in [0.4, 0.5) is 26.3 Å². The van der Waals surface area contributed by atoms with E-state index in [0.717, 1.165) is 49.9 Å². The molecule has 280 valence electrons. The lowest BCUT2D eigenvalue weighted by Crippen LogP contribution is -2.25. The molecule has 0 aliphatic rings. The van der Waals surface area contributed by atoms with Gasteiger partial charge in [0.1, 0.15) is 22.1 Å². The molecule has 3 rings (SSSR count). The molecule has 0 radical (unpaired) electrons. The van der Waals surface area contributed by atoms with E-state index in [1.807, 2.05) is 13.8 Å². The van der Waals surface area contributed by atoms with Crippen LogP contribution in [0.25, 0.3) is 0 Å². The Balaban J connectivity index is 1.63. The molecule has 3 aromatic rings. The van der Waals surface area contributed by atoms with Gasteiger partial charge in [0.05, 0.1) is 19.8 Å². The van der Waals surface area contributed by atoms with E-state index in [4.69, 9.17) is 19.4 Å². The predicted molar refractivity (Wildman–Crippen MR) is 179 cm³/mol. The average Bonchev–Trinajstić information content (AvgIpc) is 3.04. The van der Waals surface area contributed by atoms with Gasteiger partial charge in [-0.25, -0.2) is 0 Å². The van der Waals surface area contributed by atoms with Gasteiger partial charge in [-0.05, 0) is 91.1 Å². The largest absolute Gasteiger partial charge is 0.493 e. The van der Waals surface area contributed by atoms with E-state index in [-0.39, 0.29) is 46.7 Å². The van der Waals surface area contributed by atoms with Crippen molar-refractivity contribution in [1.82, 2.24) is 0 Å². The Morgan fingerprint density at radius 1 is 0.745 bits per heavy atom. The maximum absolute atomic E-state index is 14.0. The molecule has 0 saturated carbocycles. The number of nitrogens with zero attached hydrogens (tertiary/aromatic N) is 2. The molecule has 0 fully saturated rings. The van der Waals surface area contributed by atoms with Crippen LogP contribution in [-0.4, -0.2) is 57.2 Å². The first-order chi connectivity index (χ1) is 24.0. The minimum Gasteiger partial charge on any atom is -0.493 e. The van der Waals surface area contributed by atoms with Crippen molar-refractivity contribution in [2.75, 3.05) is 19.8 Å². The summed E-state index contributed by atoms with van der Waals surface area (Å²) in [6, 6.07) is 12.2. The molecule has 0 saturated heterocycles. The Kier molecular flexibility index (Phi) is 14.6. The van der Waals surface area contributed by atoms with Crippen LogP contribution < -0.4 is 14.2 Å². The highest BCUT2D eigenvalue weighted by Crippen LogP contribution is 2.33. The monoisotopic (exact) mass is 746 g/mol. The van der Waals surface area contributed by atoms with E-state index in [1.165, 1.54) is 43.3 Å². The summed E-state index contributed by atoms with van der Waals surface area (Å²) < 4.78 is 128. The van der Waals surface area contributed by atoms with Gasteiger partial charge in [0.25, 0.3) is 0 Å². The zero-order valence-corrected chi connectivity index (χ0v) is 29.3. The van der Waals surface area contributed by atoms with Gasteiger partial charge in [-0.3, -0.25) is 4.28 Å². The fourth-order valence-corrected chi connectivity index (χ4v) is 5.74. The average molecular weight is 747 g/mol. The van der Waals surface area contributed by atoms with E-state index in [0.29, 0.717) is 24.3 Å². The van der Waals surface area contributed by atoms with Crippen molar-refractivity contribution in [3.63, 3.8) is 0 Å². The van der Waals surface area contributed by atoms with Crippen LogP contribution in [0.2, 0.25) is 0 Å². The van der Waals surface area contributed by atoms with Crippen molar-refractivity contribution in [3.8, 4) is 17.2 Å². The van der Waals surface area contributed by atoms with Crippen molar-refractivity contribution in [2.45, 2.75) is 83.0 Å². The van der Waals surface area contributed by atoms with Gasteiger partial charge in [-0.1, -0.05) is 50.3 Å². The zero-order chi connectivity index (χ0) is 37.8. The molecule has 51 heavy (non-hydrogen) atoms. The molecule has 16 heteroatoms. The summed E-state index contributed by atoms with van der Waals surface area (Å²) in [6.07, 6.45) is -5.66. The first kappa shape index (κ1) is 41.0. The fraction of sp³-hybridized carbons (Fsp3) is 0.429. The summed E-state index contributed by atoms with van der Waals surface area (Å²) in [4.78, 5) is -0.328. The first-order valence-corrected chi connectivity index (χ1v) is 17.5. The molecule has 0 spiro atoms. The molecule has 0 bridgehead atoms. The Labute approximate surface area is 293 Å². The topological polar surface area (TPSA) is 116 Å². The molecular formula is C35H40F6N2O7S. The zero-order valence-electron chi connectivity index (χ0n) is 28.5. The van der Waals surface area contributed by atoms with Crippen LogP contribution in [-0.2, 0) is 14.4 Å². The lowest BCUT2D eigenvalue weighted by molar-refractivity contribution is -0.0608. The lowest BCUT2D eigenvalue weighted by Gasteiger charge is -2.17. The summed E-state index contributed by atoms with van der Waals surface area (Å²) in [5.74, 6) is 0.793. The third-order valence-electron chi connectivity index (χ3n) is 7.40. The molecule has 0 aromatic heterocycles. The molecule has 0 heterocycles. The number of halogens is 6. The summed E-state index contributed by atoms with van der Waals surface area (Å²) in [6.45, 7) is 7.88. The number of oxime groups is 2. The van der Waals surface area contributed by atoms with Crippen molar-refractivity contribution in [2.24, 2.45) is 10.3 Å². The smallest absolute Gasteiger partial charge is 0.437 e. The molecular weight excluding hydrogens is 706 g/mol. The number of ether oxygens (including phenoxy) is 3. The Hall–Kier alpha value is -4.47. The number of rotatable bonds is 18. The third-order valence-corrected chi connectivity index (χ3v) is 8.65. The molecule has 3 aromatic carbocycles. The van der Waals surface area contributed by atoms with Crippen LogP contribution in [0, 0.1) is 6.92 Å². The number of hydrogen-bond acceptors (Lipinski definition) is 9. The van der Waals surface area contributed by atoms with Crippen molar-refractivity contribution in [3.05, 3.63) is 82.9 Å².